The fourth-order valence-electron chi connectivity index (χ4n) is 7.68. The molecule has 0 aromatic heterocycles. The molecule has 4 bridgehead atoms. The Balaban J connectivity index is 1.53. The molecule has 6 atom stereocenters. The van der Waals surface area contributed by atoms with Crippen LogP contribution in [0.25, 0.3) is 0 Å². The number of carbonyl (C=O) groups excluding carboxylic acids is 1. The van der Waals surface area contributed by atoms with E-state index in [9.17, 15) is 9.18 Å². The van der Waals surface area contributed by atoms with Crippen LogP contribution >= 0.6 is 0 Å². The highest BCUT2D eigenvalue weighted by molar-refractivity contribution is 5.86. The summed E-state index contributed by atoms with van der Waals surface area (Å²) in [5.41, 5.74) is 7.21. The fourth-order valence-corrected chi connectivity index (χ4v) is 7.68. The molecule has 1 heterocycles. The van der Waals surface area contributed by atoms with Gasteiger partial charge >= 0.3 is 0 Å². The number of rotatable bonds is 3. The van der Waals surface area contributed by atoms with E-state index in [2.05, 4.69) is 37.3 Å². The number of hydrogen-bond donors (Lipinski definition) is 1. The highest BCUT2D eigenvalue weighted by Crippen LogP contribution is 2.77. The zero-order valence-electron chi connectivity index (χ0n) is 16.3. The van der Waals surface area contributed by atoms with Crippen molar-refractivity contribution in [1.82, 2.24) is 4.90 Å². The van der Waals surface area contributed by atoms with Crippen molar-refractivity contribution in [2.45, 2.75) is 69.5 Å². The zero-order chi connectivity index (χ0) is 18.9. The van der Waals surface area contributed by atoms with Crippen molar-refractivity contribution in [2.24, 2.45) is 22.5 Å². The quantitative estimate of drug-likeness (QED) is 0.879. The van der Waals surface area contributed by atoms with Crippen molar-refractivity contribution in [1.29, 1.82) is 0 Å². The Morgan fingerprint density at radius 1 is 1.22 bits per heavy atom. The van der Waals surface area contributed by atoms with Gasteiger partial charge in [-0.3, -0.25) is 4.79 Å². The molecular formula is C23H31FN2O. The summed E-state index contributed by atoms with van der Waals surface area (Å²) in [5, 5.41) is 0. The molecule has 4 aliphatic carbocycles. The molecule has 1 amide bonds. The first-order chi connectivity index (χ1) is 12.9. The van der Waals surface area contributed by atoms with E-state index >= 15 is 0 Å². The summed E-state index contributed by atoms with van der Waals surface area (Å²) in [6.07, 6.45) is 6.01. The molecule has 1 aliphatic heterocycles. The van der Waals surface area contributed by atoms with Crippen LogP contribution in [0, 0.1) is 16.7 Å². The molecule has 4 saturated carbocycles. The lowest BCUT2D eigenvalue weighted by Crippen LogP contribution is -2.56. The van der Waals surface area contributed by atoms with Crippen LogP contribution in [0.4, 0.5) is 4.39 Å². The second-order valence-corrected chi connectivity index (χ2v) is 9.91. The molecule has 0 radical (unpaired) electrons. The number of halogens is 1. The lowest BCUT2D eigenvalue weighted by molar-refractivity contribution is -0.150. The first-order valence-corrected chi connectivity index (χ1v) is 10.7. The van der Waals surface area contributed by atoms with Gasteiger partial charge < -0.3 is 10.6 Å². The van der Waals surface area contributed by atoms with Crippen molar-refractivity contribution >= 4 is 5.91 Å². The molecule has 1 saturated heterocycles. The third kappa shape index (κ3) is 2.25. The number of piperidine rings is 1. The summed E-state index contributed by atoms with van der Waals surface area (Å²) in [5.74, 6) is 0.865. The van der Waals surface area contributed by atoms with Crippen LogP contribution < -0.4 is 5.73 Å². The van der Waals surface area contributed by atoms with Gasteiger partial charge in [0.05, 0.1) is 12.0 Å². The van der Waals surface area contributed by atoms with Crippen LogP contribution in [0.1, 0.15) is 57.4 Å². The van der Waals surface area contributed by atoms with Gasteiger partial charge in [-0.2, -0.15) is 0 Å². The van der Waals surface area contributed by atoms with E-state index in [0.29, 0.717) is 18.9 Å². The summed E-state index contributed by atoms with van der Waals surface area (Å²) in [7, 11) is 0. The third-order valence-electron chi connectivity index (χ3n) is 8.68. The number of nitrogens with two attached hydrogens (primary N) is 1. The lowest BCUT2D eigenvalue weighted by atomic mass is 9.63. The molecule has 27 heavy (non-hydrogen) atoms. The number of likely N-dealkylation sites (tertiary alicyclic amines) is 1. The van der Waals surface area contributed by atoms with E-state index in [1.807, 2.05) is 4.90 Å². The monoisotopic (exact) mass is 370 g/mol. The molecule has 0 spiro atoms. The number of benzene rings is 1. The molecule has 1 aromatic rings. The van der Waals surface area contributed by atoms with Crippen molar-refractivity contribution in [3.05, 3.63) is 35.9 Å². The van der Waals surface area contributed by atoms with Gasteiger partial charge in [-0.1, -0.05) is 37.3 Å². The van der Waals surface area contributed by atoms with Crippen molar-refractivity contribution < 1.29 is 9.18 Å². The van der Waals surface area contributed by atoms with E-state index in [4.69, 9.17) is 5.73 Å². The van der Waals surface area contributed by atoms with Gasteiger partial charge in [0.1, 0.15) is 6.17 Å². The Kier molecular flexibility index (Phi) is 3.79. The Morgan fingerprint density at radius 2 is 2.00 bits per heavy atom. The normalized spacial score (nSPS) is 45.4. The van der Waals surface area contributed by atoms with Crippen LogP contribution in [0.2, 0.25) is 0 Å². The van der Waals surface area contributed by atoms with Gasteiger partial charge in [0, 0.05) is 12.6 Å². The summed E-state index contributed by atoms with van der Waals surface area (Å²) in [6, 6.07) is 10.4. The van der Waals surface area contributed by atoms with E-state index in [0.717, 1.165) is 25.7 Å². The van der Waals surface area contributed by atoms with Crippen molar-refractivity contribution in [2.75, 3.05) is 13.1 Å². The maximum Gasteiger partial charge on any atom is 0.229 e. The van der Waals surface area contributed by atoms with E-state index in [1.165, 1.54) is 18.4 Å². The molecule has 146 valence electrons. The molecule has 5 fully saturated rings. The number of hydrogen-bond acceptors (Lipinski definition) is 2. The fraction of sp³-hybridized carbons (Fsp3) is 0.696. The number of alkyl halides is 1. The summed E-state index contributed by atoms with van der Waals surface area (Å²) >= 11 is 0. The van der Waals surface area contributed by atoms with Crippen molar-refractivity contribution in [3.8, 4) is 0 Å². The number of nitrogens with zero attached hydrogens (tertiary/aromatic N) is 1. The molecule has 4 unspecified atom stereocenters. The number of carbonyl (C=O) groups is 1. The van der Waals surface area contributed by atoms with E-state index in [1.54, 1.807) is 0 Å². The van der Waals surface area contributed by atoms with Crippen LogP contribution in [0.5, 0.6) is 0 Å². The predicted molar refractivity (Wildman–Crippen MR) is 104 cm³/mol. The standard InChI is InChI=1S/C23H31FN2O/c1-2-22-11-16-10-21(14-22,17-6-4-3-5-7-17)15-23(22,12-16)20(27)26-9-8-19(25)18(24)13-26/h3-7,16,18-19H,2,8-15,25H2,1H3/t16?,18-,19-,21?,22?,23?/m0/s1. The molecule has 2 N–H and O–H groups in total. The van der Waals surface area contributed by atoms with E-state index < -0.39 is 12.2 Å². The minimum absolute atomic E-state index is 0.0915. The molecular weight excluding hydrogens is 339 g/mol. The van der Waals surface area contributed by atoms with Crippen LogP contribution in [0.3, 0.4) is 0 Å². The van der Waals surface area contributed by atoms with Crippen LogP contribution in [0.15, 0.2) is 30.3 Å². The lowest BCUT2D eigenvalue weighted by Gasteiger charge is -2.44. The number of amides is 1. The molecule has 6 rings (SSSR count). The van der Waals surface area contributed by atoms with Gasteiger partial charge in [0.25, 0.3) is 0 Å². The zero-order valence-corrected chi connectivity index (χ0v) is 16.3. The summed E-state index contributed by atoms with van der Waals surface area (Å²) in [4.78, 5) is 15.7. The van der Waals surface area contributed by atoms with Gasteiger partial charge in [0.2, 0.25) is 5.91 Å². The summed E-state index contributed by atoms with van der Waals surface area (Å²) in [6.45, 7) is 3.07. The smallest absolute Gasteiger partial charge is 0.229 e. The Morgan fingerprint density at radius 3 is 2.70 bits per heavy atom. The Hall–Kier alpha value is -1.42. The van der Waals surface area contributed by atoms with Gasteiger partial charge in [0.15, 0.2) is 0 Å². The SMILES string of the molecule is CCC12CC3CC(c4ccccc4)(C1)CC2(C(=O)N1CC[C@H](N)[C@@H](F)C1)C3. The van der Waals surface area contributed by atoms with Crippen LogP contribution in [-0.2, 0) is 10.2 Å². The summed E-state index contributed by atoms with van der Waals surface area (Å²) < 4.78 is 14.3. The van der Waals surface area contributed by atoms with Crippen molar-refractivity contribution in [3.63, 3.8) is 0 Å². The molecule has 5 aliphatic rings. The first kappa shape index (κ1) is 17.7. The van der Waals surface area contributed by atoms with Gasteiger partial charge in [-0.25, -0.2) is 4.39 Å². The highest BCUT2D eigenvalue weighted by atomic mass is 19.1. The molecule has 3 nitrogen and oxygen atoms in total. The maximum absolute atomic E-state index is 14.3. The highest BCUT2D eigenvalue weighted by Gasteiger charge is 2.74. The molecule has 4 heteroatoms. The first-order valence-electron chi connectivity index (χ1n) is 10.7. The predicted octanol–water partition coefficient (Wildman–Crippen LogP) is 3.81. The average molecular weight is 371 g/mol. The Bertz CT molecular complexity index is 754. The minimum Gasteiger partial charge on any atom is -0.339 e. The van der Waals surface area contributed by atoms with E-state index in [-0.39, 0.29) is 28.7 Å². The second-order valence-electron chi connectivity index (χ2n) is 9.91. The second kappa shape index (κ2) is 5.79. The van der Waals surface area contributed by atoms with Crippen LogP contribution in [-0.4, -0.2) is 36.1 Å². The molecule has 1 aromatic carbocycles. The topological polar surface area (TPSA) is 46.3 Å². The maximum atomic E-state index is 14.3. The minimum atomic E-state index is -1.09. The largest absolute Gasteiger partial charge is 0.339 e. The Labute approximate surface area is 161 Å². The third-order valence-corrected chi connectivity index (χ3v) is 8.68. The average Bonchev–Trinajstić information content (AvgIpc) is 3.04. The van der Waals surface area contributed by atoms with Gasteiger partial charge in [-0.05, 0) is 67.3 Å². The van der Waals surface area contributed by atoms with Gasteiger partial charge in [-0.15, -0.1) is 0 Å².